The molecule has 0 aromatic carbocycles. The van der Waals surface area contributed by atoms with E-state index in [1.165, 1.54) is 0 Å². The number of thioether (sulfide) groups is 1. The summed E-state index contributed by atoms with van der Waals surface area (Å²) >= 11 is 1.55. The lowest BCUT2D eigenvalue weighted by Crippen LogP contribution is -2.16. The monoisotopic (exact) mass is 254 g/mol. The van der Waals surface area contributed by atoms with E-state index in [1.54, 1.807) is 21.1 Å². The highest BCUT2D eigenvalue weighted by Gasteiger charge is 2.07. The SMILES string of the molecule is CNCCn1nnnc1SCc1cn(C)nn1. The summed E-state index contributed by atoms with van der Waals surface area (Å²) in [6.07, 6.45) is 1.88. The second kappa shape index (κ2) is 5.73. The molecule has 0 aliphatic heterocycles. The third kappa shape index (κ3) is 3.24. The van der Waals surface area contributed by atoms with Crippen molar-refractivity contribution < 1.29 is 0 Å². The largest absolute Gasteiger partial charge is 0.318 e. The molecule has 0 atom stereocenters. The zero-order chi connectivity index (χ0) is 12.1. The lowest BCUT2D eigenvalue weighted by Gasteiger charge is -2.02. The van der Waals surface area contributed by atoms with Crippen LogP contribution in [-0.4, -0.2) is 48.8 Å². The van der Waals surface area contributed by atoms with Crippen LogP contribution in [-0.2, 0) is 19.3 Å². The van der Waals surface area contributed by atoms with Crippen molar-refractivity contribution >= 4 is 11.8 Å². The highest BCUT2D eigenvalue weighted by molar-refractivity contribution is 7.98. The van der Waals surface area contributed by atoms with Gasteiger partial charge in [-0.2, -0.15) is 0 Å². The Balaban J connectivity index is 1.92. The van der Waals surface area contributed by atoms with Crippen molar-refractivity contribution in [2.45, 2.75) is 17.5 Å². The predicted octanol–water partition coefficient (Wildman–Crippen LogP) is -0.687. The average Bonchev–Trinajstić information content (AvgIpc) is 2.92. The van der Waals surface area contributed by atoms with Gasteiger partial charge in [-0.25, -0.2) is 4.68 Å². The number of likely N-dealkylation sites (N-methyl/N-ethyl adjacent to an activating group) is 1. The molecule has 0 fully saturated rings. The van der Waals surface area contributed by atoms with Gasteiger partial charge in [-0.1, -0.05) is 17.0 Å². The highest BCUT2D eigenvalue weighted by Crippen LogP contribution is 2.17. The Morgan fingerprint density at radius 2 is 2.24 bits per heavy atom. The maximum Gasteiger partial charge on any atom is 0.209 e. The topological polar surface area (TPSA) is 86.3 Å². The van der Waals surface area contributed by atoms with Gasteiger partial charge in [0, 0.05) is 25.5 Å². The molecule has 0 unspecified atom stereocenters. The van der Waals surface area contributed by atoms with Gasteiger partial charge in [0.1, 0.15) is 0 Å². The van der Waals surface area contributed by atoms with E-state index in [-0.39, 0.29) is 0 Å². The fraction of sp³-hybridized carbons (Fsp3) is 0.625. The first-order valence-electron chi connectivity index (χ1n) is 5.18. The van der Waals surface area contributed by atoms with Crippen molar-refractivity contribution in [3.05, 3.63) is 11.9 Å². The van der Waals surface area contributed by atoms with Crippen molar-refractivity contribution in [1.82, 2.24) is 40.5 Å². The van der Waals surface area contributed by atoms with Gasteiger partial charge >= 0.3 is 0 Å². The van der Waals surface area contributed by atoms with Crippen LogP contribution in [0.2, 0.25) is 0 Å². The summed E-state index contributed by atoms with van der Waals surface area (Å²) in [6, 6.07) is 0. The van der Waals surface area contributed by atoms with Gasteiger partial charge in [0.2, 0.25) is 5.16 Å². The molecule has 0 spiro atoms. The van der Waals surface area contributed by atoms with Crippen molar-refractivity contribution in [3.8, 4) is 0 Å². The molecule has 0 radical (unpaired) electrons. The van der Waals surface area contributed by atoms with Crippen LogP contribution in [0.4, 0.5) is 0 Å². The molecule has 0 amide bonds. The van der Waals surface area contributed by atoms with E-state index in [0.717, 1.165) is 23.9 Å². The maximum absolute atomic E-state index is 4.01. The van der Waals surface area contributed by atoms with Crippen LogP contribution in [0, 0.1) is 0 Å². The molecule has 2 aromatic rings. The molecule has 2 heterocycles. The Bertz CT molecular complexity index is 464. The zero-order valence-corrected chi connectivity index (χ0v) is 10.6. The quantitative estimate of drug-likeness (QED) is 0.683. The van der Waals surface area contributed by atoms with Crippen molar-refractivity contribution in [2.75, 3.05) is 13.6 Å². The zero-order valence-electron chi connectivity index (χ0n) is 9.74. The smallest absolute Gasteiger partial charge is 0.209 e. The summed E-state index contributed by atoms with van der Waals surface area (Å²) in [5.41, 5.74) is 0.917. The van der Waals surface area contributed by atoms with E-state index in [0.29, 0.717) is 5.75 Å². The number of aromatic nitrogens is 7. The minimum atomic E-state index is 0.716. The summed E-state index contributed by atoms with van der Waals surface area (Å²) in [5.74, 6) is 0.716. The molecular formula is C8H14N8S. The number of aryl methyl sites for hydroxylation is 1. The van der Waals surface area contributed by atoms with Crippen molar-refractivity contribution in [2.24, 2.45) is 7.05 Å². The summed E-state index contributed by atoms with van der Waals surface area (Å²) in [6.45, 7) is 1.59. The van der Waals surface area contributed by atoms with Crippen LogP contribution >= 0.6 is 11.8 Å². The number of tetrazole rings is 1. The fourth-order valence-electron chi connectivity index (χ4n) is 1.26. The maximum atomic E-state index is 4.01. The van der Waals surface area contributed by atoms with Crippen LogP contribution in [0.1, 0.15) is 5.69 Å². The average molecular weight is 254 g/mol. The Morgan fingerprint density at radius 3 is 2.94 bits per heavy atom. The second-order valence-electron chi connectivity index (χ2n) is 3.46. The molecule has 92 valence electrons. The summed E-state index contributed by atoms with van der Waals surface area (Å²) in [7, 11) is 3.74. The molecule has 0 aliphatic rings. The number of nitrogens with zero attached hydrogens (tertiary/aromatic N) is 7. The Hall–Kier alpha value is -1.48. The van der Waals surface area contributed by atoms with Crippen LogP contribution in [0.3, 0.4) is 0 Å². The lowest BCUT2D eigenvalue weighted by molar-refractivity contribution is 0.530. The number of nitrogens with one attached hydrogen (secondary N) is 1. The Morgan fingerprint density at radius 1 is 1.35 bits per heavy atom. The summed E-state index contributed by atoms with van der Waals surface area (Å²) < 4.78 is 3.46. The molecule has 1 N–H and O–H groups in total. The molecule has 0 bridgehead atoms. The highest BCUT2D eigenvalue weighted by atomic mass is 32.2. The minimum absolute atomic E-state index is 0.716. The molecule has 17 heavy (non-hydrogen) atoms. The standard InChI is InChI=1S/C8H14N8S/c1-9-3-4-16-8(11-12-14-16)17-6-7-5-15(2)13-10-7/h5,9H,3-4,6H2,1-2H3. The Kier molecular flexibility index (Phi) is 4.04. The predicted molar refractivity (Wildman–Crippen MR) is 62.3 cm³/mol. The van der Waals surface area contributed by atoms with E-state index < -0.39 is 0 Å². The summed E-state index contributed by atoms with van der Waals surface area (Å²) in [4.78, 5) is 0. The van der Waals surface area contributed by atoms with Gasteiger partial charge < -0.3 is 5.32 Å². The van der Waals surface area contributed by atoms with Crippen LogP contribution in [0.15, 0.2) is 11.4 Å². The van der Waals surface area contributed by atoms with Crippen LogP contribution < -0.4 is 5.32 Å². The van der Waals surface area contributed by atoms with Gasteiger partial charge in [0.05, 0.1) is 12.2 Å². The van der Waals surface area contributed by atoms with E-state index in [2.05, 4.69) is 31.2 Å². The first-order chi connectivity index (χ1) is 8.29. The molecule has 0 saturated heterocycles. The fourth-order valence-corrected chi connectivity index (χ4v) is 2.04. The van der Waals surface area contributed by atoms with Crippen LogP contribution in [0.25, 0.3) is 0 Å². The molecule has 8 nitrogen and oxygen atoms in total. The third-order valence-corrected chi connectivity index (χ3v) is 3.06. The van der Waals surface area contributed by atoms with Gasteiger partial charge in [0.15, 0.2) is 0 Å². The number of rotatable bonds is 6. The number of hydrogen-bond donors (Lipinski definition) is 1. The first kappa shape index (κ1) is 12.0. The van der Waals surface area contributed by atoms with E-state index in [9.17, 15) is 0 Å². The van der Waals surface area contributed by atoms with Gasteiger partial charge in [-0.15, -0.1) is 10.2 Å². The third-order valence-electron chi connectivity index (χ3n) is 2.07. The molecule has 0 saturated carbocycles. The normalized spacial score (nSPS) is 10.9. The van der Waals surface area contributed by atoms with E-state index in [1.807, 2.05) is 20.3 Å². The Labute approximate surface area is 103 Å². The van der Waals surface area contributed by atoms with Gasteiger partial charge in [-0.05, 0) is 17.5 Å². The van der Waals surface area contributed by atoms with E-state index >= 15 is 0 Å². The van der Waals surface area contributed by atoms with Gasteiger partial charge in [-0.3, -0.25) is 4.68 Å². The van der Waals surface area contributed by atoms with Gasteiger partial charge in [0.25, 0.3) is 0 Å². The summed E-state index contributed by atoms with van der Waals surface area (Å²) in [5, 5.41) is 23.3. The number of hydrogen-bond acceptors (Lipinski definition) is 7. The molecule has 9 heteroatoms. The van der Waals surface area contributed by atoms with Crippen molar-refractivity contribution in [1.29, 1.82) is 0 Å². The first-order valence-corrected chi connectivity index (χ1v) is 6.17. The van der Waals surface area contributed by atoms with E-state index in [4.69, 9.17) is 0 Å². The molecule has 0 aliphatic carbocycles. The minimum Gasteiger partial charge on any atom is -0.318 e. The second-order valence-corrected chi connectivity index (χ2v) is 4.40. The van der Waals surface area contributed by atoms with Crippen molar-refractivity contribution in [3.63, 3.8) is 0 Å². The molecule has 2 rings (SSSR count). The van der Waals surface area contributed by atoms with Crippen LogP contribution in [0.5, 0.6) is 0 Å². The molecule has 2 aromatic heterocycles. The molecular weight excluding hydrogens is 240 g/mol. The lowest BCUT2D eigenvalue weighted by atomic mass is 10.6.